The molecule has 0 fully saturated rings. The lowest BCUT2D eigenvalue weighted by molar-refractivity contribution is -0.141. The minimum atomic E-state index is -4.43. The number of rotatable bonds is 3. The van der Waals surface area contributed by atoms with Crippen LogP contribution < -0.4 is 0 Å². The van der Waals surface area contributed by atoms with Crippen molar-refractivity contribution in [1.29, 1.82) is 0 Å². The molecule has 23 heavy (non-hydrogen) atoms. The van der Waals surface area contributed by atoms with E-state index in [2.05, 4.69) is 14.7 Å². The first-order valence-corrected chi connectivity index (χ1v) is 7.13. The van der Waals surface area contributed by atoms with Crippen LogP contribution in [0.2, 0.25) is 0 Å². The highest BCUT2D eigenvalue weighted by molar-refractivity contribution is 5.91. The summed E-state index contributed by atoms with van der Waals surface area (Å²) in [5, 5.41) is 3.59. The van der Waals surface area contributed by atoms with Gasteiger partial charge in [-0.3, -0.25) is 4.79 Å². The van der Waals surface area contributed by atoms with E-state index in [1.54, 1.807) is 7.05 Å². The molecule has 1 atom stereocenters. The maximum absolute atomic E-state index is 12.7. The van der Waals surface area contributed by atoms with Crippen molar-refractivity contribution in [2.45, 2.75) is 25.6 Å². The lowest BCUT2D eigenvalue weighted by Crippen LogP contribution is -2.35. The van der Waals surface area contributed by atoms with Gasteiger partial charge in [-0.1, -0.05) is 5.16 Å². The first-order chi connectivity index (χ1) is 10.8. The summed E-state index contributed by atoms with van der Waals surface area (Å²) in [4.78, 5) is 17.3. The van der Waals surface area contributed by atoms with Crippen LogP contribution in [-0.4, -0.2) is 39.1 Å². The number of aromatic nitrogens is 3. The zero-order chi connectivity index (χ0) is 16.6. The van der Waals surface area contributed by atoms with Gasteiger partial charge in [-0.05, 0) is 12.3 Å². The van der Waals surface area contributed by atoms with Crippen LogP contribution in [0.4, 0.5) is 13.2 Å². The van der Waals surface area contributed by atoms with Crippen LogP contribution in [0.15, 0.2) is 23.0 Å². The third-order valence-electron chi connectivity index (χ3n) is 3.92. The molecule has 124 valence electrons. The van der Waals surface area contributed by atoms with Gasteiger partial charge >= 0.3 is 6.18 Å². The number of aryl methyl sites for hydroxylation is 1. The summed E-state index contributed by atoms with van der Waals surface area (Å²) in [6.45, 7) is 0.847. The van der Waals surface area contributed by atoms with Crippen LogP contribution >= 0.6 is 0 Å². The van der Waals surface area contributed by atoms with E-state index in [0.29, 0.717) is 31.8 Å². The second-order valence-electron chi connectivity index (χ2n) is 5.67. The fourth-order valence-electron chi connectivity index (χ4n) is 2.79. The van der Waals surface area contributed by atoms with Gasteiger partial charge in [0, 0.05) is 38.8 Å². The van der Waals surface area contributed by atoms with Crippen LogP contribution in [0.1, 0.15) is 28.4 Å². The van der Waals surface area contributed by atoms with Gasteiger partial charge in [0.2, 0.25) is 0 Å². The SMILES string of the molecule is CN(C[C@@H]1CCc2nc(C(F)(F)F)cn2C1)C(=O)c1ccon1. The van der Waals surface area contributed by atoms with Crippen molar-refractivity contribution in [3.8, 4) is 0 Å². The summed E-state index contributed by atoms with van der Waals surface area (Å²) in [5.41, 5.74) is -0.647. The van der Waals surface area contributed by atoms with Crippen molar-refractivity contribution in [3.05, 3.63) is 35.7 Å². The molecule has 2 aromatic rings. The van der Waals surface area contributed by atoms with Crippen molar-refractivity contribution in [2.24, 2.45) is 5.92 Å². The van der Waals surface area contributed by atoms with E-state index in [9.17, 15) is 18.0 Å². The molecule has 0 N–H and O–H groups in total. The fraction of sp³-hybridized carbons (Fsp3) is 0.500. The quantitative estimate of drug-likeness (QED) is 0.867. The maximum atomic E-state index is 12.7. The summed E-state index contributed by atoms with van der Waals surface area (Å²) in [5.74, 6) is 0.240. The number of carbonyl (C=O) groups excluding carboxylic acids is 1. The number of fused-ring (bicyclic) bond motifs is 1. The van der Waals surface area contributed by atoms with E-state index in [1.165, 1.54) is 21.8 Å². The lowest BCUT2D eigenvalue weighted by atomic mass is 9.99. The molecule has 2 aromatic heterocycles. The Balaban J connectivity index is 1.65. The highest BCUT2D eigenvalue weighted by Crippen LogP contribution is 2.30. The topological polar surface area (TPSA) is 64.2 Å². The minimum absolute atomic E-state index is 0.0682. The van der Waals surface area contributed by atoms with Gasteiger partial charge in [-0.25, -0.2) is 4.98 Å². The van der Waals surface area contributed by atoms with E-state index < -0.39 is 11.9 Å². The molecule has 0 radical (unpaired) electrons. The Kier molecular flexibility index (Phi) is 3.87. The van der Waals surface area contributed by atoms with Gasteiger partial charge < -0.3 is 14.0 Å². The van der Waals surface area contributed by atoms with E-state index in [-0.39, 0.29) is 17.5 Å². The van der Waals surface area contributed by atoms with Gasteiger partial charge in [0.25, 0.3) is 5.91 Å². The van der Waals surface area contributed by atoms with Gasteiger partial charge in [0.05, 0.1) is 0 Å². The van der Waals surface area contributed by atoms with Crippen molar-refractivity contribution in [3.63, 3.8) is 0 Å². The molecule has 1 aliphatic heterocycles. The maximum Gasteiger partial charge on any atom is 0.434 e. The van der Waals surface area contributed by atoms with E-state index in [4.69, 9.17) is 0 Å². The van der Waals surface area contributed by atoms with Crippen LogP contribution in [0, 0.1) is 5.92 Å². The van der Waals surface area contributed by atoms with Crippen molar-refractivity contribution in [2.75, 3.05) is 13.6 Å². The van der Waals surface area contributed by atoms with Gasteiger partial charge in [-0.15, -0.1) is 0 Å². The number of amides is 1. The molecule has 1 amide bonds. The fourth-order valence-corrected chi connectivity index (χ4v) is 2.79. The second kappa shape index (κ2) is 5.71. The third-order valence-corrected chi connectivity index (χ3v) is 3.92. The Morgan fingerprint density at radius 1 is 1.52 bits per heavy atom. The van der Waals surface area contributed by atoms with Crippen LogP contribution in [0.5, 0.6) is 0 Å². The standard InChI is InChI=1S/C14H15F3N4O2/c1-20(13(22)10-4-5-23-19-10)6-9-2-3-12-18-11(14(15,16)17)8-21(12)7-9/h4-5,8-9H,2-3,6-7H2,1H3/t9-/m0/s1. The molecule has 0 saturated heterocycles. The van der Waals surface area contributed by atoms with E-state index >= 15 is 0 Å². The molecule has 0 bridgehead atoms. The molecule has 0 aliphatic carbocycles. The summed E-state index contributed by atoms with van der Waals surface area (Å²) < 4.78 is 44.3. The van der Waals surface area contributed by atoms with Gasteiger partial charge in [0.15, 0.2) is 11.4 Å². The molecule has 0 unspecified atom stereocenters. The predicted molar refractivity (Wildman–Crippen MR) is 72.5 cm³/mol. The molecular formula is C14H15F3N4O2. The number of carbonyl (C=O) groups is 1. The highest BCUT2D eigenvalue weighted by Gasteiger charge is 2.36. The molecule has 1 aliphatic rings. The van der Waals surface area contributed by atoms with E-state index in [1.807, 2.05) is 0 Å². The van der Waals surface area contributed by atoms with Gasteiger partial charge in [-0.2, -0.15) is 13.2 Å². The Labute approximate surface area is 129 Å². The average Bonchev–Trinajstić information content (AvgIpc) is 3.14. The predicted octanol–water partition coefficient (Wildman–Crippen LogP) is 2.22. The Morgan fingerprint density at radius 2 is 2.30 bits per heavy atom. The first-order valence-electron chi connectivity index (χ1n) is 7.13. The third kappa shape index (κ3) is 3.22. The average molecular weight is 328 g/mol. The minimum Gasteiger partial charge on any atom is -0.364 e. The van der Waals surface area contributed by atoms with Crippen LogP contribution in [0.25, 0.3) is 0 Å². The molecule has 0 aromatic carbocycles. The zero-order valence-electron chi connectivity index (χ0n) is 12.4. The molecular weight excluding hydrogens is 313 g/mol. The largest absolute Gasteiger partial charge is 0.434 e. The highest BCUT2D eigenvalue weighted by atomic mass is 19.4. The number of hydrogen-bond acceptors (Lipinski definition) is 4. The van der Waals surface area contributed by atoms with Gasteiger partial charge in [0.1, 0.15) is 12.1 Å². The first kappa shape index (κ1) is 15.6. The smallest absolute Gasteiger partial charge is 0.364 e. The second-order valence-corrected chi connectivity index (χ2v) is 5.67. The number of halogens is 3. The summed E-state index contributed by atoms with van der Waals surface area (Å²) in [6, 6.07) is 1.48. The van der Waals surface area contributed by atoms with Crippen molar-refractivity contribution < 1.29 is 22.5 Å². The Bertz CT molecular complexity index is 693. The van der Waals surface area contributed by atoms with Crippen LogP contribution in [0.3, 0.4) is 0 Å². The van der Waals surface area contributed by atoms with Crippen LogP contribution in [-0.2, 0) is 19.1 Å². The lowest BCUT2D eigenvalue weighted by Gasteiger charge is -2.27. The van der Waals surface area contributed by atoms with E-state index in [0.717, 1.165) is 6.20 Å². The zero-order valence-corrected chi connectivity index (χ0v) is 12.4. The molecule has 3 rings (SSSR count). The van der Waals surface area contributed by atoms with Crippen molar-refractivity contribution >= 4 is 5.91 Å². The number of imidazole rings is 1. The summed E-state index contributed by atoms with van der Waals surface area (Å²) in [6.07, 6.45) is -0.921. The number of hydrogen-bond donors (Lipinski definition) is 0. The summed E-state index contributed by atoms with van der Waals surface area (Å²) in [7, 11) is 1.64. The monoisotopic (exact) mass is 328 g/mol. The summed E-state index contributed by atoms with van der Waals surface area (Å²) >= 11 is 0. The normalized spacial score (nSPS) is 17.8. The molecule has 0 spiro atoms. The molecule has 3 heterocycles. The molecule has 9 heteroatoms. The van der Waals surface area contributed by atoms with Crippen molar-refractivity contribution in [1.82, 2.24) is 19.6 Å². The number of alkyl halides is 3. The molecule has 6 nitrogen and oxygen atoms in total. The number of nitrogens with zero attached hydrogens (tertiary/aromatic N) is 4. The Hall–Kier alpha value is -2.32. The molecule has 0 saturated carbocycles. The Morgan fingerprint density at radius 3 is 2.96 bits per heavy atom.